The minimum absolute atomic E-state index is 0.127. The summed E-state index contributed by atoms with van der Waals surface area (Å²) in [6, 6.07) is 8.12. The van der Waals surface area contributed by atoms with Crippen LogP contribution in [0.25, 0.3) is 0 Å². The number of carbonyl (C=O) groups is 2. The van der Waals surface area contributed by atoms with Crippen molar-refractivity contribution in [2.75, 3.05) is 26.7 Å². The number of hydrogen-bond donors (Lipinski definition) is 0. The zero-order valence-electron chi connectivity index (χ0n) is 15.1. The van der Waals surface area contributed by atoms with E-state index in [4.69, 9.17) is 4.74 Å². The highest BCUT2D eigenvalue weighted by Crippen LogP contribution is 2.33. The van der Waals surface area contributed by atoms with Crippen molar-refractivity contribution in [3.8, 4) is 5.75 Å². The van der Waals surface area contributed by atoms with Crippen LogP contribution in [0.15, 0.2) is 24.3 Å². The number of ether oxygens (including phenoxy) is 1. The van der Waals surface area contributed by atoms with Crippen LogP contribution < -0.4 is 4.74 Å². The van der Waals surface area contributed by atoms with E-state index in [1.807, 2.05) is 28.0 Å². The van der Waals surface area contributed by atoms with Crippen molar-refractivity contribution in [1.29, 1.82) is 0 Å². The molecule has 2 fully saturated rings. The predicted octanol–water partition coefficient (Wildman–Crippen LogP) is 3.15. The Bertz CT molecular complexity index is 617. The number of nitrogens with zero attached hydrogens (tertiary/aromatic N) is 2. The van der Waals surface area contributed by atoms with Gasteiger partial charge in [-0.15, -0.1) is 0 Å². The molecule has 1 aromatic carbocycles. The van der Waals surface area contributed by atoms with E-state index in [9.17, 15) is 9.59 Å². The minimum Gasteiger partial charge on any atom is -0.497 e. The summed E-state index contributed by atoms with van der Waals surface area (Å²) in [5.74, 6) is 1.19. The van der Waals surface area contributed by atoms with E-state index in [0.29, 0.717) is 19.4 Å². The Morgan fingerprint density at radius 2 is 2.08 bits per heavy atom. The average Bonchev–Trinajstić information content (AvgIpc) is 3.04. The quantitative estimate of drug-likeness (QED) is 0.824. The molecule has 2 amide bonds. The second kappa shape index (κ2) is 8.37. The molecule has 0 N–H and O–H groups in total. The fourth-order valence-electron chi connectivity index (χ4n) is 3.91. The smallest absolute Gasteiger partial charge is 0.224 e. The maximum absolute atomic E-state index is 12.8. The van der Waals surface area contributed by atoms with Crippen LogP contribution in [0.2, 0.25) is 0 Å². The first-order chi connectivity index (χ1) is 12.2. The van der Waals surface area contributed by atoms with E-state index in [1.165, 1.54) is 0 Å². The number of likely N-dealkylation sites (tertiary alicyclic amines) is 2. The summed E-state index contributed by atoms with van der Waals surface area (Å²) >= 11 is 0. The average molecular weight is 344 g/mol. The summed E-state index contributed by atoms with van der Waals surface area (Å²) < 4.78 is 5.31. The number of amides is 2. The molecule has 0 radical (unpaired) electrons. The van der Waals surface area contributed by atoms with Gasteiger partial charge < -0.3 is 14.5 Å². The summed E-state index contributed by atoms with van der Waals surface area (Å²) in [4.78, 5) is 28.7. The van der Waals surface area contributed by atoms with Crippen LogP contribution in [0.3, 0.4) is 0 Å². The topological polar surface area (TPSA) is 49.9 Å². The van der Waals surface area contributed by atoms with Crippen LogP contribution in [0.1, 0.15) is 56.6 Å². The van der Waals surface area contributed by atoms with Crippen molar-refractivity contribution < 1.29 is 14.3 Å². The summed E-state index contributed by atoms with van der Waals surface area (Å²) in [7, 11) is 1.66. The Morgan fingerprint density at radius 1 is 1.20 bits per heavy atom. The molecule has 5 heteroatoms. The molecule has 1 atom stereocenters. The second-order valence-corrected chi connectivity index (χ2v) is 6.96. The Hall–Kier alpha value is -2.04. The van der Waals surface area contributed by atoms with Crippen LogP contribution in [-0.2, 0) is 9.59 Å². The molecule has 5 nitrogen and oxygen atoms in total. The number of hydrogen-bond acceptors (Lipinski definition) is 3. The number of rotatable bonds is 5. The highest BCUT2D eigenvalue weighted by molar-refractivity contribution is 5.79. The van der Waals surface area contributed by atoms with Crippen molar-refractivity contribution >= 4 is 11.8 Å². The van der Waals surface area contributed by atoms with Crippen molar-refractivity contribution in [3.05, 3.63) is 29.8 Å². The molecule has 2 aliphatic heterocycles. The van der Waals surface area contributed by atoms with Gasteiger partial charge in [0, 0.05) is 32.5 Å². The SMILES string of the molecule is COc1cccc([C@@H]2CCCN2C(=O)CCN2CCCCCC2=O)c1. The van der Waals surface area contributed by atoms with E-state index >= 15 is 0 Å². The van der Waals surface area contributed by atoms with Gasteiger partial charge >= 0.3 is 0 Å². The van der Waals surface area contributed by atoms with Gasteiger partial charge in [-0.2, -0.15) is 0 Å². The lowest BCUT2D eigenvalue weighted by atomic mass is 10.0. The van der Waals surface area contributed by atoms with E-state index < -0.39 is 0 Å². The lowest BCUT2D eigenvalue weighted by Gasteiger charge is -2.27. The van der Waals surface area contributed by atoms with Crippen molar-refractivity contribution in [1.82, 2.24) is 9.80 Å². The Balaban J connectivity index is 1.61. The van der Waals surface area contributed by atoms with Gasteiger partial charge in [0.15, 0.2) is 0 Å². The molecule has 0 aromatic heterocycles. The lowest BCUT2D eigenvalue weighted by molar-refractivity contribution is -0.134. The van der Waals surface area contributed by atoms with Crippen molar-refractivity contribution in [2.45, 2.75) is 51.0 Å². The molecule has 3 rings (SSSR count). The molecule has 136 valence electrons. The maximum Gasteiger partial charge on any atom is 0.224 e. The van der Waals surface area contributed by atoms with E-state index in [0.717, 1.165) is 56.5 Å². The third kappa shape index (κ3) is 4.33. The summed E-state index contributed by atoms with van der Waals surface area (Å²) in [5, 5.41) is 0. The van der Waals surface area contributed by atoms with Crippen molar-refractivity contribution in [2.24, 2.45) is 0 Å². The van der Waals surface area contributed by atoms with E-state index in [1.54, 1.807) is 7.11 Å². The van der Waals surface area contributed by atoms with E-state index in [-0.39, 0.29) is 17.9 Å². The Morgan fingerprint density at radius 3 is 2.92 bits per heavy atom. The molecule has 0 unspecified atom stereocenters. The number of benzene rings is 1. The monoisotopic (exact) mass is 344 g/mol. The van der Waals surface area contributed by atoms with Crippen LogP contribution in [-0.4, -0.2) is 48.4 Å². The minimum atomic E-state index is 0.127. The van der Waals surface area contributed by atoms with Crippen molar-refractivity contribution in [3.63, 3.8) is 0 Å². The molecule has 25 heavy (non-hydrogen) atoms. The van der Waals surface area contributed by atoms with Gasteiger partial charge in [-0.1, -0.05) is 18.6 Å². The molecular weight excluding hydrogens is 316 g/mol. The molecule has 0 spiro atoms. The highest BCUT2D eigenvalue weighted by atomic mass is 16.5. The number of carbonyl (C=O) groups excluding carboxylic acids is 2. The lowest BCUT2D eigenvalue weighted by Crippen LogP contribution is -2.36. The first kappa shape index (κ1) is 17.8. The molecule has 2 aliphatic rings. The third-order valence-electron chi connectivity index (χ3n) is 5.32. The predicted molar refractivity (Wildman–Crippen MR) is 96.3 cm³/mol. The molecule has 2 saturated heterocycles. The Labute approximate surface area is 149 Å². The normalized spacial score (nSPS) is 21.3. The van der Waals surface area contributed by atoms with Gasteiger partial charge in [0.1, 0.15) is 5.75 Å². The molecule has 0 saturated carbocycles. The van der Waals surface area contributed by atoms with Crippen LogP contribution in [0, 0.1) is 0 Å². The summed E-state index contributed by atoms with van der Waals surface area (Å²) in [6.45, 7) is 2.15. The zero-order chi connectivity index (χ0) is 17.6. The molecule has 2 heterocycles. The Kier molecular flexibility index (Phi) is 5.95. The van der Waals surface area contributed by atoms with Gasteiger partial charge in [0.05, 0.1) is 13.2 Å². The maximum atomic E-state index is 12.8. The van der Waals surface area contributed by atoms with Gasteiger partial charge in [-0.3, -0.25) is 9.59 Å². The molecule has 0 bridgehead atoms. The molecule has 1 aromatic rings. The first-order valence-corrected chi connectivity index (χ1v) is 9.40. The zero-order valence-corrected chi connectivity index (χ0v) is 15.1. The van der Waals surface area contributed by atoms with Crippen LogP contribution in [0.4, 0.5) is 0 Å². The van der Waals surface area contributed by atoms with Gasteiger partial charge in [0.25, 0.3) is 0 Å². The standard InChI is InChI=1S/C20H28N2O3/c1-25-17-8-5-7-16(15-17)18-9-6-13-22(18)20(24)11-14-21-12-4-2-3-10-19(21)23/h5,7-8,15,18H,2-4,6,9-14H2,1H3/t18-/m0/s1. The van der Waals surface area contributed by atoms with Gasteiger partial charge in [-0.05, 0) is 43.4 Å². The second-order valence-electron chi connectivity index (χ2n) is 6.96. The fourth-order valence-corrected chi connectivity index (χ4v) is 3.91. The first-order valence-electron chi connectivity index (χ1n) is 9.40. The fraction of sp³-hybridized carbons (Fsp3) is 0.600. The van der Waals surface area contributed by atoms with Gasteiger partial charge in [-0.25, -0.2) is 0 Å². The third-order valence-corrected chi connectivity index (χ3v) is 5.32. The molecule has 0 aliphatic carbocycles. The van der Waals surface area contributed by atoms with Gasteiger partial charge in [0.2, 0.25) is 11.8 Å². The number of methoxy groups -OCH3 is 1. The highest BCUT2D eigenvalue weighted by Gasteiger charge is 2.30. The summed E-state index contributed by atoms with van der Waals surface area (Å²) in [6.07, 6.45) is 6.21. The van der Waals surface area contributed by atoms with E-state index in [2.05, 4.69) is 6.07 Å². The van der Waals surface area contributed by atoms with Crippen LogP contribution in [0.5, 0.6) is 5.75 Å². The summed E-state index contributed by atoms with van der Waals surface area (Å²) in [5.41, 5.74) is 1.14. The molecular formula is C20H28N2O3. The largest absolute Gasteiger partial charge is 0.497 e. The van der Waals surface area contributed by atoms with Crippen LogP contribution >= 0.6 is 0 Å².